The zero-order chi connectivity index (χ0) is 12.5. The summed E-state index contributed by atoms with van der Waals surface area (Å²) in [5, 5.41) is 3.35. The molecule has 1 unspecified atom stereocenters. The molecular weight excluding hydrogens is 229 g/mol. The zero-order valence-corrected chi connectivity index (χ0v) is 10.3. The number of hydrogen-bond acceptors (Lipinski definition) is 2. The Morgan fingerprint density at radius 3 is 2.59 bits per heavy atom. The highest BCUT2D eigenvalue weighted by molar-refractivity contribution is 5.10. The van der Waals surface area contributed by atoms with Crippen LogP contribution in [-0.4, -0.2) is 42.3 Å². The highest BCUT2D eigenvalue weighted by Crippen LogP contribution is 2.53. The summed E-state index contributed by atoms with van der Waals surface area (Å²) in [5.74, 6) is 0. The van der Waals surface area contributed by atoms with E-state index in [0.717, 1.165) is 25.8 Å². The van der Waals surface area contributed by atoms with Crippen molar-refractivity contribution < 1.29 is 13.2 Å². The molecule has 1 heterocycles. The van der Waals surface area contributed by atoms with E-state index in [4.69, 9.17) is 0 Å². The van der Waals surface area contributed by atoms with E-state index in [1.54, 1.807) is 4.90 Å². The van der Waals surface area contributed by atoms with Crippen molar-refractivity contribution in [2.45, 2.75) is 56.8 Å². The molecule has 0 amide bonds. The lowest BCUT2D eigenvalue weighted by molar-refractivity contribution is -0.196. The number of alkyl halides is 3. The number of hydrogen-bond donors (Lipinski definition) is 1. The summed E-state index contributed by atoms with van der Waals surface area (Å²) in [7, 11) is 0. The smallest absolute Gasteiger partial charge is 0.313 e. The van der Waals surface area contributed by atoms with Crippen LogP contribution in [-0.2, 0) is 0 Å². The normalized spacial score (nSPS) is 30.0. The van der Waals surface area contributed by atoms with Crippen LogP contribution >= 0.6 is 0 Å². The molecule has 0 aromatic carbocycles. The number of halogens is 3. The molecule has 5 heteroatoms. The molecule has 0 aromatic heterocycles. The standard InChI is InChI=1S/C12H21F3N2/c1-2-4-10-9-17(8-3-7-16-10)11(5-6-11)12(13,14)15/h10,16H,2-9H2,1H3. The van der Waals surface area contributed by atoms with Gasteiger partial charge in [-0.3, -0.25) is 4.90 Å². The Morgan fingerprint density at radius 2 is 2.06 bits per heavy atom. The van der Waals surface area contributed by atoms with Crippen molar-refractivity contribution in [2.24, 2.45) is 0 Å². The van der Waals surface area contributed by atoms with Crippen molar-refractivity contribution in [3.8, 4) is 0 Å². The maximum atomic E-state index is 13.1. The summed E-state index contributed by atoms with van der Waals surface area (Å²) in [6, 6.07) is 0.224. The van der Waals surface area contributed by atoms with Crippen LogP contribution in [0.1, 0.15) is 39.0 Å². The summed E-state index contributed by atoms with van der Waals surface area (Å²) in [6.07, 6.45) is -0.689. The maximum absolute atomic E-state index is 13.1. The van der Waals surface area contributed by atoms with E-state index in [1.165, 1.54) is 0 Å². The first-order chi connectivity index (χ1) is 7.99. The second kappa shape index (κ2) is 4.76. The van der Waals surface area contributed by atoms with Crippen LogP contribution in [0.3, 0.4) is 0 Å². The Bertz CT molecular complexity index is 261. The first-order valence-corrected chi connectivity index (χ1v) is 6.55. The minimum atomic E-state index is -4.06. The maximum Gasteiger partial charge on any atom is 0.406 e. The van der Waals surface area contributed by atoms with Gasteiger partial charge in [-0.25, -0.2) is 0 Å². The molecule has 1 atom stereocenters. The van der Waals surface area contributed by atoms with Crippen molar-refractivity contribution in [1.82, 2.24) is 10.2 Å². The fourth-order valence-corrected chi connectivity index (χ4v) is 2.83. The summed E-state index contributed by atoms with van der Waals surface area (Å²) in [5.41, 5.74) is -1.48. The third-order valence-electron chi connectivity index (χ3n) is 3.97. The van der Waals surface area contributed by atoms with Gasteiger partial charge in [0.2, 0.25) is 0 Å². The Kier molecular flexibility index (Phi) is 3.69. The van der Waals surface area contributed by atoms with Gasteiger partial charge >= 0.3 is 6.18 Å². The molecule has 1 saturated carbocycles. The molecule has 2 fully saturated rings. The molecule has 17 heavy (non-hydrogen) atoms. The minimum Gasteiger partial charge on any atom is -0.313 e. The Morgan fingerprint density at radius 1 is 1.35 bits per heavy atom. The van der Waals surface area contributed by atoms with E-state index >= 15 is 0 Å². The molecular formula is C12H21F3N2. The molecule has 100 valence electrons. The van der Waals surface area contributed by atoms with Crippen molar-refractivity contribution >= 4 is 0 Å². The Balaban J connectivity index is 2.04. The summed E-state index contributed by atoms with van der Waals surface area (Å²) < 4.78 is 39.2. The van der Waals surface area contributed by atoms with Gasteiger partial charge < -0.3 is 5.32 Å². The average molecular weight is 250 g/mol. The first kappa shape index (κ1) is 13.1. The van der Waals surface area contributed by atoms with Gasteiger partial charge in [0, 0.05) is 19.1 Å². The second-order valence-corrected chi connectivity index (χ2v) is 5.27. The van der Waals surface area contributed by atoms with Crippen LogP contribution < -0.4 is 5.32 Å². The Labute approximate surface area is 101 Å². The van der Waals surface area contributed by atoms with E-state index in [-0.39, 0.29) is 18.9 Å². The average Bonchev–Trinajstić information content (AvgIpc) is 3.00. The van der Waals surface area contributed by atoms with E-state index < -0.39 is 11.7 Å². The number of nitrogens with one attached hydrogen (secondary N) is 1. The molecule has 2 nitrogen and oxygen atoms in total. The lowest BCUT2D eigenvalue weighted by Gasteiger charge is -2.34. The van der Waals surface area contributed by atoms with Gasteiger partial charge in [-0.15, -0.1) is 0 Å². The van der Waals surface area contributed by atoms with Gasteiger partial charge in [-0.2, -0.15) is 13.2 Å². The highest BCUT2D eigenvalue weighted by Gasteiger charge is 2.66. The van der Waals surface area contributed by atoms with Gasteiger partial charge in [-0.05, 0) is 32.2 Å². The van der Waals surface area contributed by atoms with Gasteiger partial charge in [0.1, 0.15) is 5.54 Å². The van der Waals surface area contributed by atoms with Crippen LogP contribution in [0.4, 0.5) is 13.2 Å². The van der Waals surface area contributed by atoms with E-state index in [0.29, 0.717) is 13.1 Å². The van der Waals surface area contributed by atoms with E-state index in [2.05, 4.69) is 12.2 Å². The topological polar surface area (TPSA) is 15.3 Å². The largest absolute Gasteiger partial charge is 0.406 e. The SMILES string of the molecule is CCCC1CN(C2(C(F)(F)F)CC2)CCCN1. The van der Waals surface area contributed by atoms with Crippen molar-refractivity contribution in [3.63, 3.8) is 0 Å². The summed E-state index contributed by atoms with van der Waals surface area (Å²) >= 11 is 0. The molecule has 1 N–H and O–H groups in total. The lowest BCUT2D eigenvalue weighted by atomic mass is 10.1. The molecule has 0 spiro atoms. The molecule has 2 aliphatic rings. The molecule has 0 bridgehead atoms. The number of nitrogens with zero attached hydrogens (tertiary/aromatic N) is 1. The quantitative estimate of drug-likeness (QED) is 0.828. The minimum absolute atomic E-state index is 0.224. The molecule has 2 rings (SSSR count). The molecule has 1 aliphatic heterocycles. The van der Waals surface area contributed by atoms with Crippen LogP contribution in [0.15, 0.2) is 0 Å². The third-order valence-corrected chi connectivity index (χ3v) is 3.97. The summed E-state index contributed by atoms with van der Waals surface area (Å²) in [6.45, 7) is 4.04. The Hall–Kier alpha value is -0.290. The van der Waals surface area contributed by atoms with Gasteiger partial charge in [0.05, 0.1) is 0 Å². The third kappa shape index (κ3) is 2.60. The van der Waals surface area contributed by atoms with Gasteiger partial charge in [0.25, 0.3) is 0 Å². The molecule has 1 saturated heterocycles. The molecule has 0 radical (unpaired) electrons. The van der Waals surface area contributed by atoms with Crippen LogP contribution in [0.5, 0.6) is 0 Å². The van der Waals surface area contributed by atoms with E-state index in [9.17, 15) is 13.2 Å². The van der Waals surface area contributed by atoms with Crippen molar-refractivity contribution in [3.05, 3.63) is 0 Å². The van der Waals surface area contributed by atoms with Gasteiger partial charge in [-0.1, -0.05) is 13.3 Å². The molecule has 0 aromatic rings. The monoisotopic (exact) mass is 250 g/mol. The predicted octanol–water partition coefficient (Wildman–Crippen LogP) is 2.55. The number of rotatable bonds is 3. The van der Waals surface area contributed by atoms with E-state index in [1.807, 2.05) is 0 Å². The van der Waals surface area contributed by atoms with Crippen LogP contribution in [0, 0.1) is 0 Å². The first-order valence-electron chi connectivity index (χ1n) is 6.55. The van der Waals surface area contributed by atoms with Crippen LogP contribution in [0.2, 0.25) is 0 Å². The van der Waals surface area contributed by atoms with Crippen molar-refractivity contribution in [2.75, 3.05) is 19.6 Å². The second-order valence-electron chi connectivity index (χ2n) is 5.27. The summed E-state index contributed by atoms with van der Waals surface area (Å²) in [4.78, 5) is 1.69. The predicted molar refractivity (Wildman–Crippen MR) is 60.9 cm³/mol. The lowest BCUT2D eigenvalue weighted by Crippen LogP contribution is -2.51. The van der Waals surface area contributed by atoms with Crippen molar-refractivity contribution in [1.29, 1.82) is 0 Å². The van der Waals surface area contributed by atoms with Crippen LogP contribution in [0.25, 0.3) is 0 Å². The zero-order valence-electron chi connectivity index (χ0n) is 10.3. The fraction of sp³-hybridized carbons (Fsp3) is 1.00. The highest BCUT2D eigenvalue weighted by atomic mass is 19.4. The fourth-order valence-electron chi connectivity index (χ4n) is 2.83. The van der Waals surface area contributed by atoms with Gasteiger partial charge in [0.15, 0.2) is 0 Å². The molecule has 1 aliphatic carbocycles.